The highest BCUT2D eigenvalue weighted by atomic mass is 32.1. The average molecular weight is 271 g/mol. The number of amides is 1. The Balaban J connectivity index is 1.94. The SMILES string of the molecule is CN(Cc1ccccc1)C(=O)Cc1ccc(S)cc1. The first-order chi connectivity index (χ1) is 9.15. The number of hydrogen-bond donors (Lipinski definition) is 1. The lowest BCUT2D eigenvalue weighted by Crippen LogP contribution is -2.27. The van der Waals surface area contributed by atoms with Crippen LogP contribution in [0.3, 0.4) is 0 Å². The van der Waals surface area contributed by atoms with Gasteiger partial charge in [-0.2, -0.15) is 0 Å². The predicted molar refractivity (Wildman–Crippen MR) is 80.3 cm³/mol. The molecule has 0 radical (unpaired) electrons. The van der Waals surface area contributed by atoms with E-state index in [0.717, 1.165) is 16.0 Å². The fourth-order valence-electron chi connectivity index (χ4n) is 1.87. The zero-order valence-corrected chi connectivity index (χ0v) is 11.8. The van der Waals surface area contributed by atoms with Gasteiger partial charge in [0, 0.05) is 18.5 Å². The van der Waals surface area contributed by atoms with Crippen LogP contribution in [0.4, 0.5) is 0 Å². The molecule has 0 saturated heterocycles. The van der Waals surface area contributed by atoms with Crippen LogP contribution < -0.4 is 0 Å². The molecule has 0 fully saturated rings. The number of thiol groups is 1. The summed E-state index contributed by atoms with van der Waals surface area (Å²) < 4.78 is 0. The van der Waals surface area contributed by atoms with Gasteiger partial charge in [-0.3, -0.25) is 4.79 Å². The number of carbonyl (C=O) groups excluding carboxylic acids is 1. The second-order valence-corrected chi connectivity index (χ2v) is 5.10. The smallest absolute Gasteiger partial charge is 0.227 e. The maximum atomic E-state index is 12.1. The summed E-state index contributed by atoms with van der Waals surface area (Å²) in [5.74, 6) is 0.121. The van der Waals surface area contributed by atoms with Crippen molar-refractivity contribution in [3.05, 3.63) is 65.7 Å². The summed E-state index contributed by atoms with van der Waals surface area (Å²) in [6.07, 6.45) is 0.428. The quantitative estimate of drug-likeness (QED) is 0.847. The van der Waals surface area contributed by atoms with Crippen molar-refractivity contribution < 1.29 is 4.79 Å². The van der Waals surface area contributed by atoms with Crippen LogP contribution in [0.5, 0.6) is 0 Å². The standard InChI is InChI=1S/C16H17NOS/c1-17(12-14-5-3-2-4-6-14)16(18)11-13-7-9-15(19)10-8-13/h2-10,19H,11-12H2,1H3. The molecule has 0 heterocycles. The fourth-order valence-corrected chi connectivity index (χ4v) is 2.02. The first-order valence-corrected chi connectivity index (χ1v) is 6.65. The molecule has 2 aromatic carbocycles. The molecule has 19 heavy (non-hydrogen) atoms. The second-order valence-electron chi connectivity index (χ2n) is 4.58. The van der Waals surface area contributed by atoms with Crippen molar-refractivity contribution in [2.45, 2.75) is 17.9 Å². The molecule has 0 saturated carbocycles. The predicted octanol–water partition coefficient (Wildman–Crippen LogP) is 3.18. The van der Waals surface area contributed by atoms with E-state index in [4.69, 9.17) is 0 Å². The van der Waals surface area contributed by atoms with Gasteiger partial charge in [-0.15, -0.1) is 12.6 Å². The molecule has 0 aliphatic carbocycles. The van der Waals surface area contributed by atoms with E-state index in [1.807, 2.05) is 61.6 Å². The zero-order valence-electron chi connectivity index (χ0n) is 10.9. The van der Waals surface area contributed by atoms with E-state index in [2.05, 4.69) is 12.6 Å². The van der Waals surface area contributed by atoms with Gasteiger partial charge in [-0.1, -0.05) is 42.5 Å². The van der Waals surface area contributed by atoms with Crippen molar-refractivity contribution in [3.63, 3.8) is 0 Å². The Bertz CT molecular complexity index is 536. The van der Waals surface area contributed by atoms with Crippen molar-refractivity contribution in [3.8, 4) is 0 Å². The van der Waals surface area contributed by atoms with E-state index in [0.29, 0.717) is 13.0 Å². The van der Waals surface area contributed by atoms with Crippen LogP contribution in [0, 0.1) is 0 Å². The molecule has 0 aliphatic rings. The molecule has 0 bridgehead atoms. The number of rotatable bonds is 4. The van der Waals surface area contributed by atoms with Gasteiger partial charge in [0.2, 0.25) is 5.91 Å². The number of hydrogen-bond acceptors (Lipinski definition) is 2. The molecule has 2 nitrogen and oxygen atoms in total. The molecule has 0 aromatic heterocycles. The Kier molecular flexibility index (Phi) is 4.63. The molecule has 0 aliphatic heterocycles. The van der Waals surface area contributed by atoms with Gasteiger partial charge in [-0.25, -0.2) is 0 Å². The minimum atomic E-state index is 0.121. The zero-order chi connectivity index (χ0) is 13.7. The Morgan fingerprint density at radius 2 is 1.63 bits per heavy atom. The van der Waals surface area contributed by atoms with Gasteiger partial charge in [0.15, 0.2) is 0 Å². The summed E-state index contributed by atoms with van der Waals surface area (Å²) in [6, 6.07) is 17.7. The van der Waals surface area contributed by atoms with E-state index in [-0.39, 0.29) is 5.91 Å². The largest absolute Gasteiger partial charge is 0.341 e. The normalized spacial score (nSPS) is 10.2. The molecule has 98 valence electrons. The van der Waals surface area contributed by atoms with Crippen LogP contribution in [0.2, 0.25) is 0 Å². The Morgan fingerprint density at radius 3 is 2.26 bits per heavy atom. The topological polar surface area (TPSA) is 20.3 Å². The Morgan fingerprint density at radius 1 is 1.00 bits per heavy atom. The van der Waals surface area contributed by atoms with Crippen LogP contribution in [0.1, 0.15) is 11.1 Å². The number of carbonyl (C=O) groups is 1. The van der Waals surface area contributed by atoms with Gasteiger partial charge in [0.1, 0.15) is 0 Å². The van der Waals surface area contributed by atoms with Crippen LogP contribution in [0.25, 0.3) is 0 Å². The van der Waals surface area contributed by atoms with E-state index in [1.54, 1.807) is 4.90 Å². The summed E-state index contributed by atoms with van der Waals surface area (Å²) >= 11 is 4.23. The van der Waals surface area contributed by atoms with Crippen molar-refractivity contribution in [1.29, 1.82) is 0 Å². The summed E-state index contributed by atoms with van der Waals surface area (Å²) in [5.41, 5.74) is 2.16. The third-order valence-electron chi connectivity index (χ3n) is 2.98. The molecular formula is C16H17NOS. The van der Waals surface area contributed by atoms with Gasteiger partial charge in [0.05, 0.1) is 6.42 Å². The molecule has 3 heteroatoms. The van der Waals surface area contributed by atoms with Crippen LogP contribution >= 0.6 is 12.6 Å². The molecule has 0 unspecified atom stereocenters. The average Bonchev–Trinajstić information content (AvgIpc) is 2.42. The minimum Gasteiger partial charge on any atom is -0.341 e. The summed E-state index contributed by atoms with van der Waals surface area (Å²) in [4.78, 5) is 14.8. The highest BCUT2D eigenvalue weighted by Gasteiger charge is 2.09. The van der Waals surface area contributed by atoms with Gasteiger partial charge in [-0.05, 0) is 23.3 Å². The molecular weight excluding hydrogens is 254 g/mol. The van der Waals surface area contributed by atoms with Crippen LogP contribution in [0.15, 0.2) is 59.5 Å². The highest BCUT2D eigenvalue weighted by Crippen LogP contribution is 2.10. The van der Waals surface area contributed by atoms with Gasteiger partial charge >= 0.3 is 0 Å². The minimum absolute atomic E-state index is 0.121. The monoisotopic (exact) mass is 271 g/mol. The molecule has 2 rings (SSSR count). The molecule has 1 amide bonds. The second kappa shape index (κ2) is 6.43. The van der Waals surface area contributed by atoms with Gasteiger partial charge < -0.3 is 4.90 Å². The third-order valence-corrected chi connectivity index (χ3v) is 3.28. The Labute approximate surface area is 119 Å². The number of likely N-dealkylation sites (N-methyl/N-ethyl adjacent to an activating group) is 1. The van der Waals surface area contributed by atoms with Crippen LogP contribution in [-0.4, -0.2) is 17.9 Å². The highest BCUT2D eigenvalue weighted by molar-refractivity contribution is 7.80. The third kappa shape index (κ3) is 4.14. The van der Waals surface area contributed by atoms with Gasteiger partial charge in [0.25, 0.3) is 0 Å². The summed E-state index contributed by atoms with van der Waals surface area (Å²) in [7, 11) is 1.84. The maximum absolute atomic E-state index is 12.1. The lowest BCUT2D eigenvalue weighted by molar-refractivity contribution is -0.129. The number of benzene rings is 2. The summed E-state index contributed by atoms with van der Waals surface area (Å²) in [6.45, 7) is 0.643. The van der Waals surface area contributed by atoms with Crippen molar-refractivity contribution in [1.82, 2.24) is 4.90 Å². The number of nitrogens with zero attached hydrogens (tertiary/aromatic N) is 1. The summed E-state index contributed by atoms with van der Waals surface area (Å²) in [5, 5.41) is 0. The van der Waals surface area contributed by atoms with Crippen molar-refractivity contribution in [2.24, 2.45) is 0 Å². The molecule has 0 N–H and O–H groups in total. The first kappa shape index (κ1) is 13.7. The maximum Gasteiger partial charge on any atom is 0.227 e. The van der Waals surface area contributed by atoms with E-state index < -0.39 is 0 Å². The molecule has 0 spiro atoms. The van der Waals surface area contributed by atoms with Crippen molar-refractivity contribution in [2.75, 3.05) is 7.05 Å². The molecule has 0 atom stereocenters. The Hall–Kier alpha value is -1.74. The van der Waals surface area contributed by atoms with E-state index >= 15 is 0 Å². The molecule has 2 aromatic rings. The lowest BCUT2D eigenvalue weighted by Gasteiger charge is -2.17. The van der Waals surface area contributed by atoms with Crippen LogP contribution in [-0.2, 0) is 17.8 Å². The van der Waals surface area contributed by atoms with E-state index in [1.165, 1.54) is 0 Å². The first-order valence-electron chi connectivity index (χ1n) is 6.21. The lowest BCUT2D eigenvalue weighted by atomic mass is 10.1. The fraction of sp³-hybridized carbons (Fsp3) is 0.188. The van der Waals surface area contributed by atoms with E-state index in [9.17, 15) is 4.79 Å². The van der Waals surface area contributed by atoms with Crippen molar-refractivity contribution >= 4 is 18.5 Å².